The molecule has 0 aliphatic carbocycles. The zero-order chi connectivity index (χ0) is 24.5. The molecular weight excluding hydrogens is 463 g/mol. The Morgan fingerprint density at radius 3 is 2.85 bits per heavy atom. The molecule has 34 heavy (non-hydrogen) atoms. The smallest absolute Gasteiger partial charge is 0.254 e. The van der Waals surface area contributed by atoms with Crippen LogP contribution in [0.15, 0.2) is 36.7 Å². The Bertz CT molecular complexity index is 1220. The van der Waals surface area contributed by atoms with Crippen LogP contribution in [0.2, 0.25) is 5.02 Å². The molecule has 1 saturated heterocycles. The summed E-state index contributed by atoms with van der Waals surface area (Å²) >= 11 is 5.90. The van der Waals surface area contributed by atoms with Gasteiger partial charge >= 0.3 is 0 Å². The molecule has 4 rings (SSSR count). The highest BCUT2D eigenvalue weighted by Crippen LogP contribution is 2.36. The largest absolute Gasteiger partial charge is 0.493 e. The molecule has 8 nitrogen and oxygen atoms in total. The van der Waals surface area contributed by atoms with Crippen LogP contribution in [0.25, 0.3) is 10.9 Å². The lowest BCUT2D eigenvalue weighted by atomic mass is 10.1. The summed E-state index contributed by atoms with van der Waals surface area (Å²) in [6, 6.07) is 7.91. The minimum absolute atomic E-state index is 0.00391. The van der Waals surface area contributed by atoms with Gasteiger partial charge in [-0.2, -0.15) is 0 Å². The van der Waals surface area contributed by atoms with Crippen molar-refractivity contribution < 1.29 is 23.8 Å². The first-order valence-corrected chi connectivity index (χ1v) is 11.3. The maximum absolute atomic E-state index is 14.4. The molecule has 0 spiro atoms. The van der Waals surface area contributed by atoms with Gasteiger partial charge in [-0.05, 0) is 44.9 Å². The van der Waals surface area contributed by atoms with Crippen molar-refractivity contribution in [2.75, 3.05) is 25.6 Å². The highest BCUT2D eigenvalue weighted by molar-refractivity contribution is 6.31. The van der Waals surface area contributed by atoms with Gasteiger partial charge in [-0.3, -0.25) is 4.79 Å². The Kier molecular flexibility index (Phi) is 6.77. The summed E-state index contributed by atoms with van der Waals surface area (Å²) in [6.07, 6.45) is 2.96. The molecule has 2 aromatic carbocycles. The van der Waals surface area contributed by atoms with Crippen LogP contribution in [-0.4, -0.2) is 57.8 Å². The number of halogens is 2. The molecule has 0 radical (unpaired) electrons. The molecule has 180 valence electrons. The number of methoxy groups -OCH3 is 1. The molecule has 0 saturated carbocycles. The topological polar surface area (TPSA) is 96.8 Å². The van der Waals surface area contributed by atoms with Crippen LogP contribution >= 0.6 is 11.6 Å². The Morgan fingerprint density at radius 1 is 1.32 bits per heavy atom. The van der Waals surface area contributed by atoms with E-state index in [1.54, 1.807) is 29.2 Å². The molecule has 1 aromatic heterocycles. The van der Waals surface area contributed by atoms with Crippen molar-refractivity contribution >= 4 is 39.9 Å². The average molecular weight is 489 g/mol. The molecule has 1 atom stereocenters. The van der Waals surface area contributed by atoms with Gasteiger partial charge in [-0.1, -0.05) is 17.7 Å². The highest BCUT2D eigenvalue weighted by atomic mass is 35.5. The summed E-state index contributed by atoms with van der Waals surface area (Å²) < 4.78 is 26.0. The van der Waals surface area contributed by atoms with Crippen LogP contribution in [0.5, 0.6) is 11.5 Å². The van der Waals surface area contributed by atoms with E-state index in [0.717, 1.165) is 12.8 Å². The summed E-state index contributed by atoms with van der Waals surface area (Å²) in [5.41, 5.74) is -0.696. The number of carbonyl (C=O) groups excluding carboxylic acids is 1. The molecule has 1 fully saturated rings. The maximum atomic E-state index is 14.4. The van der Waals surface area contributed by atoms with Gasteiger partial charge in [-0.15, -0.1) is 0 Å². The zero-order valence-electron chi connectivity index (χ0n) is 19.1. The number of fused-ring (bicyclic) bond motifs is 1. The SMILES string of the molecule is COc1cc2ncnc(Nc3cccc(Cl)c3F)c2cc1OC[C@@H]1CCCN1C(=O)C(C)(C)O. The van der Waals surface area contributed by atoms with Crippen LogP contribution in [0.3, 0.4) is 0 Å². The van der Waals surface area contributed by atoms with E-state index < -0.39 is 11.4 Å². The van der Waals surface area contributed by atoms with Gasteiger partial charge in [0.2, 0.25) is 0 Å². The van der Waals surface area contributed by atoms with E-state index in [0.29, 0.717) is 34.8 Å². The van der Waals surface area contributed by atoms with E-state index in [4.69, 9.17) is 21.1 Å². The molecule has 0 bridgehead atoms. The van der Waals surface area contributed by atoms with Crippen LogP contribution in [0, 0.1) is 5.82 Å². The predicted molar refractivity (Wildman–Crippen MR) is 127 cm³/mol. The van der Waals surface area contributed by atoms with Gasteiger partial charge in [0.15, 0.2) is 17.3 Å². The second-order valence-electron chi connectivity index (χ2n) is 8.63. The van der Waals surface area contributed by atoms with Crippen molar-refractivity contribution in [1.29, 1.82) is 0 Å². The van der Waals surface area contributed by atoms with Gasteiger partial charge in [0.1, 0.15) is 24.4 Å². The first-order chi connectivity index (χ1) is 16.2. The van der Waals surface area contributed by atoms with Gasteiger partial charge in [0.05, 0.1) is 29.4 Å². The summed E-state index contributed by atoms with van der Waals surface area (Å²) in [5.74, 6) is 0.357. The third kappa shape index (κ3) is 4.85. The molecule has 10 heteroatoms. The maximum Gasteiger partial charge on any atom is 0.254 e. The third-order valence-electron chi connectivity index (χ3n) is 5.72. The fourth-order valence-corrected chi connectivity index (χ4v) is 4.15. The van der Waals surface area contributed by atoms with Gasteiger partial charge in [0, 0.05) is 18.0 Å². The molecule has 1 amide bonds. The van der Waals surface area contributed by atoms with Crippen molar-refractivity contribution in [3.63, 3.8) is 0 Å². The molecule has 0 unspecified atom stereocenters. The second-order valence-corrected chi connectivity index (χ2v) is 9.04. The van der Waals surface area contributed by atoms with E-state index in [1.165, 1.54) is 33.4 Å². The minimum Gasteiger partial charge on any atom is -0.493 e. The summed E-state index contributed by atoms with van der Waals surface area (Å²) in [5, 5.41) is 13.7. The van der Waals surface area contributed by atoms with E-state index in [9.17, 15) is 14.3 Å². The number of rotatable bonds is 7. The zero-order valence-corrected chi connectivity index (χ0v) is 19.9. The number of ether oxygens (including phenoxy) is 2. The second kappa shape index (κ2) is 9.60. The number of nitrogens with one attached hydrogen (secondary N) is 1. The van der Waals surface area contributed by atoms with E-state index in [-0.39, 0.29) is 29.3 Å². The number of aliphatic hydroxyl groups is 1. The lowest BCUT2D eigenvalue weighted by Gasteiger charge is -2.30. The van der Waals surface area contributed by atoms with Crippen molar-refractivity contribution in [2.45, 2.75) is 38.3 Å². The number of hydrogen-bond acceptors (Lipinski definition) is 7. The molecule has 3 aromatic rings. The third-order valence-corrected chi connectivity index (χ3v) is 6.01. The summed E-state index contributed by atoms with van der Waals surface area (Å²) in [7, 11) is 1.52. The van der Waals surface area contributed by atoms with Crippen LogP contribution in [-0.2, 0) is 4.79 Å². The Balaban J connectivity index is 1.62. The predicted octanol–water partition coefficient (Wildman–Crippen LogP) is 4.32. The van der Waals surface area contributed by atoms with Crippen molar-refractivity contribution in [2.24, 2.45) is 0 Å². The minimum atomic E-state index is -1.45. The monoisotopic (exact) mass is 488 g/mol. The number of anilines is 2. The fourth-order valence-electron chi connectivity index (χ4n) is 3.98. The fraction of sp³-hybridized carbons (Fsp3) is 0.375. The number of benzene rings is 2. The normalized spacial score (nSPS) is 16.1. The number of hydrogen-bond donors (Lipinski definition) is 2. The number of carbonyl (C=O) groups is 1. The van der Waals surface area contributed by atoms with E-state index in [1.807, 2.05) is 0 Å². The van der Waals surface area contributed by atoms with Crippen molar-refractivity contribution in [3.8, 4) is 11.5 Å². The number of likely N-dealkylation sites (tertiary alicyclic amines) is 1. The first-order valence-electron chi connectivity index (χ1n) is 10.9. The molecule has 2 heterocycles. The number of nitrogens with zero attached hydrogens (tertiary/aromatic N) is 3. The quantitative estimate of drug-likeness (QED) is 0.511. The molecule has 2 N–H and O–H groups in total. The van der Waals surface area contributed by atoms with Gasteiger partial charge in [0.25, 0.3) is 5.91 Å². The van der Waals surface area contributed by atoms with Crippen LogP contribution in [0.4, 0.5) is 15.9 Å². The van der Waals surface area contributed by atoms with E-state index >= 15 is 0 Å². The highest BCUT2D eigenvalue weighted by Gasteiger charge is 2.36. The van der Waals surface area contributed by atoms with Crippen LogP contribution < -0.4 is 14.8 Å². The first kappa shape index (κ1) is 24.0. The lowest BCUT2D eigenvalue weighted by Crippen LogP contribution is -2.48. The number of amides is 1. The average Bonchev–Trinajstić information content (AvgIpc) is 3.27. The summed E-state index contributed by atoms with van der Waals surface area (Å²) in [4.78, 5) is 22.8. The standard InChI is InChI=1S/C24H26ClFN4O4/c1-24(2,32)23(31)30-9-5-6-14(30)12-34-20-10-15-18(11-19(20)33-3)27-13-28-22(15)29-17-8-4-7-16(25)21(17)26/h4,7-8,10-11,13-14,32H,5-6,9,12H2,1-3H3,(H,27,28,29)/t14-/m0/s1. The molecule has 1 aliphatic heterocycles. The Morgan fingerprint density at radius 2 is 2.12 bits per heavy atom. The van der Waals surface area contributed by atoms with Crippen molar-refractivity contribution in [1.82, 2.24) is 14.9 Å². The summed E-state index contributed by atoms with van der Waals surface area (Å²) in [6.45, 7) is 3.76. The molecule has 1 aliphatic rings. The van der Waals surface area contributed by atoms with Crippen molar-refractivity contribution in [3.05, 3.63) is 47.5 Å². The Hall–Kier alpha value is -3.17. The Labute approximate surface area is 201 Å². The van der Waals surface area contributed by atoms with Gasteiger partial charge in [-0.25, -0.2) is 14.4 Å². The van der Waals surface area contributed by atoms with E-state index in [2.05, 4.69) is 15.3 Å². The number of aromatic nitrogens is 2. The molecular formula is C24H26ClFN4O4. The lowest BCUT2D eigenvalue weighted by molar-refractivity contribution is -0.149. The van der Waals surface area contributed by atoms with Gasteiger partial charge < -0.3 is 24.8 Å². The van der Waals surface area contributed by atoms with Crippen LogP contribution in [0.1, 0.15) is 26.7 Å².